The number of carbonyl (C=O) groups is 2. The van der Waals surface area contributed by atoms with Crippen LogP contribution in [0.15, 0.2) is 54.9 Å². The average molecular weight is 419 g/mol. The number of nitrogens with zero attached hydrogens (tertiary/aromatic N) is 4. The molecule has 8 nitrogen and oxygen atoms in total. The number of ether oxygens (including phenoxy) is 1. The molecule has 0 unspecified atom stereocenters. The molecule has 0 saturated heterocycles. The molecule has 2 aromatic heterocycles. The third-order valence-corrected chi connectivity index (χ3v) is 5.35. The Labute approximate surface area is 180 Å². The van der Waals surface area contributed by atoms with Crippen LogP contribution in [0.2, 0.25) is 0 Å². The first-order valence-electron chi connectivity index (χ1n) is 10.3. The summed E-state index contributed by atoms with van der Waals surface area (Å²) in [6, 6.07) is 12.8. The second-order valence-corrected chi connectivity index (χ2v) is 7.41. The van der Waals surface area contributed by atoms with Crippen molar-refractivity contribution in [3.05, 3.63) is 77.4 Å². The monoisotopic (exact) mass is 419 g/mol. The lowest BCUT2D eigenvalue weighted by Gasteiger charge is -2.27. The Hall–Kier alpha value is -3.68. The van der Waals surface area contributed by atoms with Crippen molar-refractivity contribution in [2.45, 2.75) is 19.4 Å². The van der Waals surface area contributed by atoms with E-state index in [1.807, 2.05) is 47.0 Å². The summed E-state index contributed by atoms with van der Waals surface area (Å²) in [5, 5.41) is 7.54. The number of pyridine rings is 1. The largest absolute Gasteiger partial charge is 0.484 e. The normalized spacial score (nSPS) is 12.9. The first-order chi connectivity index (χ1) is 15.1. The van der Waals surface area contributed by atoms with E-state index in [1.54, 1.807) is 24.5 Å². The number of para-hydroxylation sites is 1. The zero-order valence-electron chi connectivity index (χ0n) is 17.5. The molecule has 4 rings (SSSR count). The van der Waals surface area contributed by atoms with Gasteiger partial charge < -0.3 is 15.0 Å². The summed E-state index contributed by atoms with van der Waals surface area (Å²) < 4.78 is 7.50. The fourth-order valence-corrected chi connectivity index (χ4v) is 3.73. The highest BCUT2D eigenvalue weighted by Crippen LogP contribution is 2.23. The molecular weight excluding hydrogens is 394 g/mol. The lowest BCUT2D eigenvalue weighted by atomic mass is 10.0. The lowest BCUT2D eigenvalue weighted by Crippen LogP contribution is -2.39. The van der Waals surface area contributed by atoms with Gasteiger partial charge in [0.15, 0.2) is 6.61 Å². The first kappa shape index (κ1) is 20.6. The van der Waals surface area contributed by atoms with E-state index < -0.39 is 0 Å². The van der Waals surface area contributed by atoms with Crippen LogP contribution in [0.5, 0.6) is 5.75 Å². The Balaban J connectivity index is 1.35. The maximum atomic E-state index is 12.7. The van der Waals surface area contributed by atoms with Crippen LogP contribution in [0.4, 0.5) is 0 Å². The Morgan fingerprint density at radius 1 is 1.16 bits per heavy atom. The van der Waals surface area contributed by atoms with E-state index >= 15 is 0 Å². The van der Waals surface area contributed by atoms with Crippen molar-refractivity contribution >= 4 is 11.8 Å². The molecule has 3 heterocycles. The molecule has 1 N–H and O–H groups in total. The fourth-order valence-electron chi connectivity index (χ4n) is 3.73. The van der Waals surface area contributed by atoms with Gasteiger partial charge in [0.2, 0.25) is 0 Å². The molecule has 3 aromatic rings. The summed E-state index contributed by atoms with van der Waals surface area (Å²) in [6.07, 6.45) is 4.52. The summed E-state index contributed by atoms with van der Waals surface area (Å²) in [5.41, 5.74) is 3.64. The maximum Gasteiger partial charge on any atom is 0.260 e. The van der Waals surface area contributed by atoms with Gasteiger partial charge in [-0.1, -0.05) is 18.2 Å². The van der Waals surface area contributed by atoms with E-state index in [9.17, 15) is 9.59 Å². The quantitative estimate of drug-likeness (QED) is 0.630. The number of hydrogen-bond donors (Lipinski definition) is 1. The SMILES string of the molecule is Cn1nc(CCNC(=O)c2cccnc2)c2c1CCN(C(=O)COc1ccccc1)C2. The predicted octanol–water partition coefficient (Wildman–Crippen LogP) is 1.75. The Kier molecular flexibility index (Phi) is 6.26. The third kappa shape index (κ3) is 4.91. The van der Waals surface area contributed by atoms with Crippen LogP contribution in [0.25, 0.3) is 0 Å². The van der Waals surface area contributed by atoms with Crippen LogP contribution in [0.1, 0.15) is 27.3 Å². The summed E-state index contributed by atoms with van der Waals surface area (Å²) in [7, 11) is 1.92. The first-order valence-corrected chi connectivity index (χ1v) is 10.3. The van der Waals surface area contributed by atoms with E-state index in [2.05, 4.69) is 15.4 Å². The van der Waals surface area contributed by atoms with Gasteiger partial charge in [-0.05, 0) is 24.3 Å². The molecule has 0 radical (unpaired) electrons. The minimum atomic E-state index is -0.159. The zero-order valence-corrected chi connectivity index (χ0v) is 17.5. The second kappa shape index (κ2) is 9.42. The van der Waals surface area contributed by atoms with Crippen LogP contribution in [-0.2, 0) is 31.2 Å². The number of benzene rings is 1. The summed E-state index contributed by atoms with van der Waals surface area (Å²) in [5.74, 6) is 0.474. The highest BCUT2D eigenvalue weighted by Gasteiger charge is 2.26. The third-order valence-electron chi connectivity index (χ3n) is 5.35. The number of nitrogens with one attached hydrogen (secondary N) is 1. The number of amides is 2. The highest BCUT2D eigenvalue weighted by molar-refractivity contribution is 5.93. The molecule has 0 bridgehead atoms. The van der Waals surface area contributed by atoms with Gasteiger partial charge in [-0.3, -0.25) is 19.3 Å². The Morgan fingerprint density at radius 3 is 2.77 bits per heavy atom. The van der Waals surface area contributed by atoms with Gasteiger partial charge in [-0.2, -0.15) is 5.10 Å². The minimum Gasteiger partial charge on any atom is -0.484 e. The van der Waals surface area contributed by atoms with E-state index in [0.717, 1.165) is 23.4 Å². The van der Waals surface area contributed by atoms with Crippen molar-refractivity contribution in [2.24, 2.45) is 7.05 Å². The van der Waals surface area contributed by atoms with Gasteiger partial charge in [-0.25, -0.2) is 0 Å². The van der Waals surface area contributed by atoms with E-state index in [-0.39, 0.29) is 18.4 Å². The molecule has 31 heavy (non-hydrogen) atoms. The molecule has 1 aromatic carbocycles. The van der Waals surface area contributed by atoms with Crippen molar-refractivity contribution in [1.29, 1.82) is 0 Å². The number of carbonyl (C=O) groups excluding carboxylic acids is 2. The van der Waals surface area contributed by atoms with Crippen LogP contribution < -0.4 is 10.1 Å². The van der Waals surface area contributed by atoms with Crippen molar-refractivity contribution < 1.29 is 14.3 Å². The molecular formula is C23H25N5O3. The number of rotatable bonds is 7. The van der Waals surface area contributed by atoms with Gasteiger partial charge in [0.05, 0.1) is 11.3 Å². The summed E-state index contributed by atoms with van der Waals surface area (Å²) in [6.45, 7) is 1.62. The molecule has 0 saturated carbocycles. The van der Waals surface area contributed by atoms with Gasteiger partial charge in [-0.15, -0.1) is 0 Å². The lowest BCUT2D eigenvalue weighted by molar-refractivity contribution is -0.134. The van der Waals surface area contributed by atoms with Gasteiger partial charge in [0.1, 0.15) is 5.75 Å². The highest BCUT2D eigenvalue weighted by atomic mass is 16.5. The van der Waals surface area contributed by atoms with Crippen molar-refractivity contribution in [3.8, 4) is 5.75 Å². The standard InChI is InChI=1S/C23H25N5O3/c1-27-21-10-13-28(22(29)16-31-18-7-3-2-4-8-18)15-19(21)20(26-27)9-12-25-23(30)17-6-5-11-24-14-17/h2-8,11,14H,9-10,12-13,15-16H2,1H3,(H,25,30). The van der Waals surface area contributed by atoms with E-state index in [4.69, 9.17) is 4.74 Å². The zero-order chi connectivity index (χ0) is 21.6. The molecule has 8 heteroatoms. The van der Waals surface area contributed by atoms with Gasteiger partial charge >= 0.3 is 0 Å². The van der Waals surface area contributed by atoms with Crippen molar-refractivity contribution in [1.82, 2.24) is 25.0 Å². The molecule has 0 aliphatic carbocycles. The Morgan fingerprint density at radius 2 is 2.00 bits per heavy atom. The molecule has 160 valence electrons. The minimum absolute atomic E-state index is 0.0100. The fraction of sp³-hybridized carbons (Fsp3) is 0.304. The number of aryl methyl sites for hydroxylation is 1. The van der Waals surface area contributed by atoms with Crippen LogP contribution in [0.3, 0.4) is 0 Å². The molecule has 0 fully saturated rings. The molecule has 0 atom stereocenters. The van der Waals surface area contributed by atoms with Crippen LogP contribution in [-0.4, -0.2) is 51.2 Å². The topological polar surface area (TPSA) is 89.4 Å². The molecule has 2 amide bonds. The van der Waals surface area contributed by atoms with Gasteiger partial charge in [0, 0.05) is 63.2 Å². The smallest absolute Gasteiger partial charge is 0.260 e. The summed E-state index contributed by atoms with van der Waals surface area (Å²) >= 11 is 0. The number of fused-ring (bicyclic) bond motifs is 1. The van der Waals surface area contributed by atoms with Crippen molar-refractivity contribution in [2.75, 3.05) is 19.7 Å². The van der Waals surface area contributed by atoms with Crippen molar-refractivity contribution in [3.63, 3.8) is 0 Å². The van der Waals surface area contributed by atoms with Gasteiger partial charge in [0.25, 0.3) is 11.8 Å². The van der Waals surface area contributed by atoms with E-state index in [1.165, 1.54) is 0 Å². The maximum absolute atomic E-state index is 12.7. The van der Waals surface area contributed by atoms with Crippen LogP contribution in [0, 0.1) is 0 Å². The average Bonchev–Trinajstić information content (AvgIpc) is 3.13. The second-order valence-electron chi connectivity index (χ2n) is 7.41. The summed E-state index contributed by atoms with van der Waals surface area (Å²) in [4.78, 5) is 30.7. The number of hydrogen-bond acceptors (Lipinski definition) is 5. The molecule has 1 aliphatic heterocycles. The molecule has 1 aliphatic rings. The predicted molar refractivity (Wildman–Crippen MR) is 115 cm³/mol. The van der Waals surface area contributed by atoms with Crippen LogP contribution >= 0.6 is 0 Å². The Bertz CT molecular complexity index is 1050. The van der Waals surface area contributed by atoms with E-state index in [0.29, 0.717) is 37.4 Å². The number of aromatic nitrogens is 3. The molecule has 0 spiro atoms.